The Morgan fingerprint density at radius 1 is 1.04 bits per heavy atom. The molecule has 0 radical (unpaired) electrons. The van der Waals surface area contributed by atoms with E-state index in [9.17, 15) is 9.59 Å². The number of amides is 2. The Bertz CT molecular complexity index is 465. The lowest BCUT2D eigenvalue weighted by Crippen LogP contribution is -2.57. The van der Waals surface area contributed by atoms with Crippen molar-refractivity contribution in [3.63, 3.8) is 0 Å². The van der Waals surface area contributed by atoms with Gasteiger partial charge in [0.25, 0.3) is 0 Å². The van der Waals surface area contributed by atoms with E-state index in [1.54, 1.807) is 6.08 Å². The number of hydrogen-bond acceptors (Lipinski definition) is 3. The summed E-state index contributed by atoms with van der Waals surface area (Å²) in [6, 6.07) is -0.0858. The topological polar surface area (TPSA) is 43.9 Å². The van der Waals surface area contributed by atoms with Crippen LogP contribution in [0.2, 0.25) is 0 Å². The molecule has 0 aliphatic carbocycles. The zero-order valence-electron chi connectivity index (χ0n) is 15.6. The van der Waals surface area contributed by atoms with E-state index in [-0.39, 0.29) is 17.9 Å². The Kier molecular flexibility index (Phi) is 6.44. The molecule has 0 bridgehead atoms. The molecule has 2 heterocycles. The first-order chi connectivity index (χ1) is 11.4. The van der Waals surface area contributed by atoms with E-state index in [2.05, 4.69) is 11.5 Å². The van der Waals surface area contributed by atoms with E-state index in [0.717, 1.165) is 45.4 Å². The summed E-state index contributed by atoms with van der Waals surface area (Å²) in [6.45, 7) is 14.5. The molecule has 0 spiro atoms. The molecular weight excluding hydrogens is 302 g/mol. The fourth-order valence-electron chi connectivity index (χ4n) is 3.59. The quantitative estimate of drug-likeness (QED) is 0.723. The summed E-state index contributed by atoms with van der Waals surface area (Å²) < 4.78 is 0. The summed E-state index contributed by atoms with van der Waals surface area (Å²) in [6.07, 6.45) is 6.01. The van der Waals surface area contributed by atoms with E-state index in [4.69, 9.17) is 0 Å². The summed E-state index contributed by atoms with van der Waals surface area (Å²) >= 11 is 0. The van der Waals surface area contributed by atoms with Crippen LogP contribution in [0.5, 0.6) is 0 Å². The van der Waals surface area contributed by atoms with Crippen LogP contribution in [-0.2, 0) is 9.59 Å². The number of piperazine rings is 1. The van der Waals surface area contributed by atoms with Crippen LogP contribution in [0.3, 0.4) is 0 Å². The molecule has 0 N–H and O–H groups in total. The van der Waals surface area contributed by atoms with E-state index in [1.807, 2.05) is 30.6 Å². The average molecular weight is 335 g/mol. The molecule has 0 aromatic heterocycles. The van der Waals surface area contributed by atoms with Gasteiger partial charge in [-0.3, -0.25) is 14.5 Å². The van der Waals surface area contributed by atoms with Crippen molar-refractivity contribution in [2.75, 3.05) is 39.3 Å². The van der Waals surface area contributed by atoms with Gasteiger partial charge in [-0.15, -0.1) is 6.58 Å². The van der Waals surface area contributed by atoms with Crippen LogP contribution in [0.25, 0.3) is 0 Å². The fourth-order valence-corrected chi connectivity index (χ4v) is 3.59. The summed E-state index contributed by atoms with van der Waals surface area (Å²) in [5.74, 6) is 0.411. The van der Waals surface area contributed by atoms with Crippen molar-refractivity contribution < 1.29 is 9.59 Å². The van der Waals surface area contributed by atoms with Gasteiger partial charge < -0.3 is 9.80 Å². The van der Waals surface area contributed by atoms with Crippen LogP contribution in [-0.4, -0.2) is 71.8 Å². The summed E-state index contributed by atoms with van der Waals surface area (Å²) in [5, 5.41) is 0. The van der Waals surface area contributed by atoms with E-state index >= 15 is 0 Å². The lowest BCUT2D eigenvalue weighted by atomic mass is 9.86. The number of piperidine rings is 1. The van der Waals surface area contributed by atoms with Crippen LogP contribution < -0.4 is 0 Å². The van der Waals surface area contributed by atoms with Crippen molar-refractivity contribution >= 4 is 11.8 Å². The zero-order valence-corrected chi connectivity index (χ0v) is 15.6. The first-order valence-electron chi connectivity index (χ1n) is 9.38. The van der Waals surface area contributed by atoms with E-state index in [1.165, 1.54) is 6.42 Å². The maximum atomic E-state index is 12.7. The van der Waals surface area contributed by atoms with Crippen LogP contribution in [0, 0.1) is 5.41 Å². The minimum atomic E-state index is -0.475. The lowest BCUT2D eigenvalue weighted by Gasteiger charge is -2.41. The maximum Gasteiger partial charge on any atom is 0.239 e. The van der Waals surface area contributed by atoms with Crippen molar-refractivity contribution in [1.29, 1.82) is 0 Å². The third kappa shape index (κ3) is 4.00. The number of hydrogen-bond donors (Lipinski definition) is 0. The third-order valence-electron chi connectivity index (χ3n) is 5.85. The van der Waals surface area contributed by atoms with E-state index in [0.29, 0.717) is 13.1 Å². The van der Waals surface area contributed by atoms with Gasteiger partial charge in [0, 0.05) is 39.3 Å². The fraction of sp³-hybridized carbons (Fsp3) is 0.789. The number of carbonyl (C=O) groups is 2. The Morgan fingerprint density at radius 3 is 2.12 bits per heavy atom. The number of rotatable bonds is 5. The van der Waals surface area contributed by atoms with Crippen LogP contribution in [0.4, 0.5) is 0 Å². The molecule has 2 aliphatic heterocycles. The van der Waals surface area contributed by atoms with Crippen molar-refractivity contribution in [2.45, 2.75) is 52.5 Å². The van der Waals surface area contributed by atoms with Gasteiger partial charge in [-0.1, -0.05) is 13.0 Å². The van der Waals surface area contributed by atoms with Crippen LogP contribution in [0.1, 0.15) is 46.5 Å². The third-order valence-corrected chi connectivity index (χ3v) is 5.85. The first kappa shape index (κ1) is 19.0. The Labute approximate surface area is 146 Å². The second kappa shape index (κ2) is 8.15. The molecule has 5 heteroatoms. The molecule has 136 valence electrons. The van der Waals surface area contributed by atoms with Crippen LogP contribution >= 0.6 is 0 Å². The highest BCUT2D eigenvalue weighted by molar-refractivity contribution is 5.84. The second-order valence-electron chi connectivity index (χ2n) is 7.37. The SMILES string of the molecule is C=C[C@@](C)(CC)C(=O)N1CCN([C@@H](C)C(=O)N2CCCCC2)CC1. The molecule has 2 fully saturated rings. The van der Waals surface area contributed by atoms with Crippen molar-refractivity contribution in [3.05, 3.63) is 12.7 Å². The molecule has 2 saturated heterocycles. The number of likely N-dealkylation sites (tertiary alicyclic amines) is 1. The predicted molar refractivity (Wildman–Crippen MR) is 96.6 cm³/mol. The molecule has 0 unspecified atom stereocenters. The van der Waals surface area contributed by atoms with Gasteiger partial charge in [0.05, 0.1) is 11.5 Å². The first-order valence-corrected chi connectivity index (χ1v) is 9.38. The molecule has 24 heavy (non-hydrogen) atoms. The molecule has 2 amide bonds. The lowest BCUT2D eigenvalue weighted by molar-refractivity contribution is -0.143. The highest BCUT2D eigenvalue weighted by Crippen LogP contribution is 2.26. The van der Waals surface area contributed by atoms with Gasteiger partial charge in [-0.05, 0) is 39.5 Å². The van der Waals surface area contributed by atoms with Crippen molar-refractivity contribution in [1.82, 2.24) is 14.7 Å². The van der Waals surface area contributed by atoms with Gasteiger partial charge in [0.2, 0.25) is 11.8 Å². The van der Waals surface area contributed by atoms with Gasteiger partial charge in [-0.2, -0.15) is 0 Å². The van der Waals surface area contributed by atoms with Gasteiger partial charge in [0.1, 0.15) is 0 Å². The number of nitrogens with zero attached hydrogens (tertiary/aromatic N) is 3. The Balaban J connectivity index is 1.88. The number of carbonyl (C=O) groups excluding carboxylic acids is 2. The second-order valence-corrected chi connectivity index (χ2v) is 7.37. The minimum Gasteiger partial charge on any atom is -0.341 e. The maximum absolute atomic E-state index is 12.7. The van der Waals surface area contributed by atoms with Crippen LogP contribution in [0.15, 0.2) is 12.7 Å². The monoisotopic (exact) mass is 335 g/mol. The summed E-state index contributed by atoms with van der Waals surface area (Å²) in [5.41, 5.74) is -0.475. The normalized spacial score (nSPS) is 23.5. The van der Waals surface area contributed by atoms with Gasteiger partial charge >= 0.3 is 0 Å². The van der Waals surface area contributed by atoms with Gasteiger partial charge in [0.15, 0.2) is 0 Å². The molecule has 0 saturated carbocycles. The molecule has 0 aromatic rings. The highest BCUT2D eigenvalue weighted by atomic mass is 16.2. The molecule has 0 aromatic carbocycles. The largest absolute Gasteiger partial charge is 0.341 e. The minimum absolute atomic E-state index is 0.0858. The van der Waals surface area contributed by atoms with Crippen molar-refractivity contribution in [2.24, 2.45) is 5.41 Å². The Hall–Kier alpha value is -1.36. The summed E-state index contributed by atoms with van der Waals surface area (Å²) in [7, 11) is 0. The summed E-state index contributed by atoms with van der Waals surface area (Å²) in [4.78, 5) is 31.5. The highest BCUT2D eigenvalue weighted by Gasteiger charge is 2.35. The predicted octanol–water partition coefficient (Wildman–Crippen LogP) is 2.13. The van der Waals surface area contributed by atoms with E-state index < -0.39 is 5.41 Å². The van der Waals surface area contributed by atoms with Gasteiger partial charge in [-0.25, -0.2) is 0 Å². The molecule has 2 aliphatic rings. The average Bonchev–Trinajstić information content (AvgIpc) is 2.66. The smallest absolute Gasteiger partial charge is 0.239 e. The Morgan fingerprint density at radius 2 is 1.62 bits per heavy atom. The zero-order chi connectivity index (χ0) is 17.7. The molecular formula is C19H33N3O2. The molecule has 5 nitrogen and oxygen atoms in total. The molecule has 2 rings (SSSR count). The molecule has 2 atom stereocenters. The van der Waals surface area contributed by atoms with Crippen molar-refractivity contribution in [3.8, 4) is 0 Å². The standard InChI is InChI=1S/C19H33N3O2/c1-5-19(4,6-2)18(24)22-14-12-20(13-15-22)16(3)17(23)21-10-8-7-9-11-21/h5,16H,1,6-15H2,2-4H3/t16-,19-/m0/s1.